The lowest BCUT2D eigenvalue weighted by molar-refractivity contribution is 0.0714. The van der Waals surface area contributed by atoms with Crippen molar-refractivity contribution in [2.45, 2.75) is 0 Å². The topological polar surface area (TPSA) is 45.9 Å². The Morgan fingerprint density at radius 3 is 2.62 bits per heavy atom. The largest absolute Gasteiger partial charge is 0.497 e. The Morgan fingerprint density at radius 1 is 1.14 bits per heavy atom. The fourth-order valence-electron chi connectivity index (χ4n) is 2.53. The molecule has 2 heterocycles. The van der Waals surface area contributed by atoms with Crippen LogP contribution in [0.2, 0.25) is 0 Å². The van der Waals surface area contributed by atoms with Crippen LogP contribution in [0.5, 0.6) is 5.75 Å². The highest BCUT2D eigenvalue weighted by Crippen LogP contribution is 2.22. The van der Waals surface area contributed by atoms with Gasteiger partial charge in [-0.15, -0.1) is 0 Å². The number of methoxy groups -OCH3 is 1. The van der Waals surface area contributed by atoms with Crippen molar-refractivity contribution >= 4 is 11.6 Å². The van der Waals surface area contributed by atoms with Crippen molar-refractivity contribution in [1.29, 1.82) is 0 Å². The zero-order valence-electron chi connectivity index (χ0n) is 12.0. The summed E-state index contributed by atoms with van der Waals surface area (Å²) in [4.78, 5) is 16.3. The van der Waals surface area contributed by atoms with E-state index in [0.717, 1.165) is 24.5 Å². The molecule has 2 aromatic rings. The monoisotopic (exact) mass is 286 g/mol. The van der Waals surface area contributed by atoms with Crippen molar-refractivity contribution in [3.05, 3.63) is 48.4 Å². The van der Waals surface area contributed by atoms with Gasteiger partial charge in [0.25, 0.3) is 5.91 Å². The second kappa shape index (κ2) is 5.91. The lowest BCUT2D eigenvalue weighted by atomic mass is 10.2. The van der Waals surface area contributed by atoms with E-state index in [-0.39, 0.29) is 5.91 Å². The minimum absolute atomic E-state index is 0.0368. The van der Waals surface area contributed by atoms with Crippen molar-refractivity contribution in [3.63, 3.8) is 0 Å². The van der Waals surface area contributed by atoms with Crippen LogP contribution in [-0.2, 0) is 0 Å². The molecular formula is C16H18N2O3. The minimum Gasteiger partial charge on any atom is -0.497 e. The van der Waals surface area contributed by atoms with Gasteiger partial charge >= 0.3 is 0 Å². The van der Waals surface area contributed by atoms with E-state index in [2.05, 4.69) is 11.0 Å². The number of ether oxygens (including phenoxy) is 1. The average molecular weight is 286 g/mol. The molecule has 110 valence electrons. The van der Waals surface area contributed by atoms with Crippen LogP contribution in [0.4, 0.5) is 5.69 Å². The first-order valence-electron chi connectivity index (χ1n) is 7.00. The van der Waals surface area contributed by atoms with Crippen LogP contribution in [0.25, 0.3) is 0 Å². The Morgan fingerprint density at radius 2 is 1.95 bits per heavy atom. The number of rotatable bonds is 3. The highest BCUT2D eigenvalue weighted by Gasteiger charge is 2.23. The molecule has 0 bridgehead atoms. The van der Waals surface area contributed by atoms with Crippen LogP contribution in [0, 0.1) is 0 Å². The van der Waals surface area contributed by atoms with Gasteiger partial charge < -0.3 is 19.0 Å². The smallest absolute Gasteiger partial charge is 0.289 e. The van der Waals surface area contributed by atoms with Gasteiger partial charge in [0.05, 0.1) is 13.4 Å². The molecule has 0 N–H and O–H groups in total. The molecule has 0 atom stereocenters. The number of hydrogen-bond acceptors (Lipinski definition) is 4. The predicted molar refractivity (Wildman–Crippen MR) is 79.8 cm³/mol. The first-order valence-corrected chi connectivity index (χ1v) is 7.00. The molecule has 0 aliphatic carbocycles. The third kappa shape index (κ3) is 2.86. The minimum atomic E-state index is -0.0368. The van der Waals surface area contributed by atoms with Crippen LogP contribution in [0.3, 0.4) is 0 Å². The zero-order chi connectivity index (χ0) is 14.7. The number of amides is 1. The summed E-state index contributed by atoms with van der Waals surface area (Å²) in [5.41, 5.74) is 1.12. The second-order valence-electron chi connectivity index (χ2n) is 4.96. The highest BCUT2D eigenvalue weighted by atomic mass is 16.5. The van der Waals surface area contributed by atoms with Gasteiger partial charge in [-0.1, -0.05) is 6.07 Å². The number of nitrogens with zero attached hydrogens (tertiary/aromatic N) is 2. The SMILES string of the molecule is COc1cccc(N2CCN(C(=O)c3ccco3)CC2)c1. The molecule has 0 radical (unpaired) electrons. The summed E-state index contributed by atoms with van der Waals surface area (Å²) in [6.45, 7) is 2.99. The summed E-state index contributed by atoms with van der Waals surface area (Å²) in [5.74, 6) is 1.22. The van der Waals surface area contributed by atoms with Crippen molar-refractivity contribution in [2.24, 2.45) is 0 Å². The maximum Gasteiger partial charge on any atom is 0.289 e. The van der Waals surface area contributed by atoms with Crippen LogP contribution < -0.4 is 9.64 Å². The molecule has 21 heavy (non-hydrogen) atoms. The molecule has 0 saturated carbocycles. The summed E-state index contributed by atoms with van der Waals surface area (Å²) >= 11 is 0. The van der Waals surface area contributed by atoms with E-state index in [9.17, 15) is 4.79 Å². The third-order valence-electron chi connectivity index (χ3n) is 3.72. The quantitative estimate of drug-likeness (QED) is 0.868. The van der Waals surface area contributed by atoms with Crippen LogP contribution in [-0.4, -0.2) is 44.1 Å². The molecule has 1 aromatic carbocycles. The van der Waals surface area contributed by atoms with Gasteiger partial charge in [-0.25, -0.2) is 0 Å². The summed E-state index contributed by atoms with van der Waals surface area (Å²) in [7, 11) is 1.67. The van der Waals surface area contributed by atoms with Crippen LogP contribution in [0.1, 0.15) is 10.6 Å². The summed E-state index contributed by atoms with van der Waals surface area (Å²) in [6, 6.07) is 11.4. The fraction of sp³-hybridized carbons (Fsp3) is 0.312. The van der Waals surface area contributed by atoms with Gasteiger partial charge in [-0.05, 0) is 24.3 Å². The number of piperazine rings is 1. The lowest BCUT2D eigenvalue weighted by Gasteiger charge is -2.35. The Balaban J connectivity index is 1.63. The number of benzene rings is 1. The Labute approximate surface area is 123 Å². The molecule has 5 nitrogen and oxygen atoms in total. The van der Waals surface area contributed by atoms with E-state index in [1.165, 1.54) is 6.26 Å². The maximum absolute atomic E-state index is 12.2. The van der Waals surface area contributed by atoms with E-state index >= 15 is 0 Å². The molecule has 5 heteroatoms. The van der Waals surface area contributed by atoms with Crippen LogP contribution in [0.15, 0.2) is 47.1 Å². The first-order chi connectivity index (χ1) is 10.3. The van der Waals surface area contributed by atoms with Crippen molar-refractivity contribution in [3.8, 4) is 5.75 Å². The van der Waals surface area contributed by atoms with Crippen molar-refractivity contribution in [2.75, 3.05) is 38.2 Å². The van der Waals surface area contributed by atoms with Crippen LogP contribution >= 0.6 is 0 Å². The molecule has 1 saturated heterocycles. The Hall–Kier alpha value is -2.43. The second-order valence-corrected chi connectivity index (χ2v) is 4.96. The molecule has 1 aliphatic heterocycles. The number of furan rings is 1. The normalized spacial score (nSPS) is 15.1. The van der Waals surface area contributed by atoms with E-state index in [0.29, 0.717) is 18.8 Å². The van der Waals surface area contributed by atoms with Gasteiger partial charge in [0.1, 0.15) is 5.75 Å². The van der Waals surface area contributed by atoms with E-state index < -0.39 is 0 Å². The first kappa shape index (κ1) is 13.5. The number of hydrogen-bond donors (Lipinski definition) is 0. The number of carbonyl (C=O) groups is 1. The number of carbonyl (C=O) groups excluding carboxylic acids is 1. The van der Waals surface area contributed by atoms with Gasteiger partial charge in [-0.3, -0.25) is 4.79 Å². The molecule has 1 aliphatic rings. The van der Waals surface area contributed by atoms with E-state index in [1.54, 1.807) is 19.2 Å². The average Bonchev–Trinajstić information content (AvgIpc) is 3.09. The lowest BCUT2D eigenvalue weighted by Crippen LogP contribution is -2.48. The molecule has 0 unspecified atom stereocenters. The van der Waals surface area contributed by atoms with Gasteiger partial charge in [0, 0.05) is 37.9 Å². The van der Waals surface area contributed by atoms with Crippen molar-refractivity contribution < 1.29 is 13.9 Å². The van der Waals surface area contributed by atoms with Gasteiger partial charge in [-0.2, -0.15) is 0 Å². The predicted octanol–water partition coefficient (Wildman–Crippen LogP) is 2.25. The molecule has 1 aromatic heterocycles. The number of anilines is 1. The zero-order valence-corrected chi connectivity index (χ0v) is 12.0. The Kier molecular flexibility index (Phi) is 3.81. The fourth-order valence-corrected chi connectivity index (χ4v) is 2.53. The maximum atomic E-state index is 12.2. The molecular weight excluding hydrogens is 268 g/mol. The molecule has 1 fully saturated rings. The summed E-state index contributed by atoms with van der Waals surface area (Å²) in [6.07, 6.45) is 1.53. The van der Waals surface area contributed by atoms with E-state index in [4.69, 9.17) is 9.15 Å². The third-order valence-corrected chi connectivity index (χ3v) is 3.72. The highest BCUT2D eigenvalue weighted by molar-refractivity contribution is 5.91. The molecule has 3 rings (SSSR count). The van der Waals surface area contributed by atoms with Gasteiger partial charge in [0.15, 0.2) is 5.76 Å². The Bertz CT molecular complexity index is 602. The summed E-state index contributed by atoms with van der Waals surface area (Å²) < 4.78 is 10.4. The van der Waals surface area contributed by atoms with E-state index in [1.807, 2.05) is 23.1 Å². The van der Waals surface area contributed by atoms with Gasteiger partial charge in [0.2, 0.25) is 0 Å². The van der Waals surface area contributed by atoms with Crippen molar-refractivity contribution in [1.82, 2.24) is 4.90 Å². The molecule has 0 spiro atoms. The summed E-state index contributed by atoms with van der Waals surface area (Å²) in [5, 5.41) is 0. The standard InChI is InChI=1S/C16H18N2O3/c1-20-14-5-2-4-13(12-14)17-7-9-18(10-8-17)16(19)15-6-3-11-21-15/h2-6,11-12H,7-10H2,1H3. The molecule has 1 amide bonds.